The van der Waals surface area contributed by atoms with Crippen LogP contribution >= 0.6 is 11.8 Å². The first-order chi connectivity index (χ1) is 10.0. The van der Waals surface area contributed by atoms with Crippen molar-refractivity contribution in [3.8, 4) is 12.3 Å². The van der Waals surface area contributed by atoms with Crippen LogP contribution < -0.4 is 5.32 Å². The molecule has 21 heavy (non-hydrogen) atoms. The Morgan fingerprint density at radius 1 is 1.38 bits per heavy atom. The predicted molar refractivity (Wildman–Crippen MR) is 85.4 cm³/mol. The number of carbonyl (C=O) groups excluding carboxylic acids is 1. The lowest BCUT2D eigenvalue weighted by atomic mass is 9.78. The molecule has 0 atom stereocenters. The molecule has 1 aliphatic carbocycles. The van der Waals surface area contributed by atoms with Gasteiger partial charge in [0.05, 0.1) is 17.7 Å². The molecule has 1 aliphatic rings. The quantitative estimate of drug-likeness (QED) is 0.558. The van der Waals surface area contributed by atoms with Crippen LogP contribution in [0.4, 0.5) is 4.79 Å². The highest BCUT2D eigenvalue weighted by atomic mass is 32.2. The third kappa shape index (κ3) is 5.50. The molecule has 1 fully saturated rings. The monoisotopic (exact) mass is 312 g/mol. The molecule has 1 saturated carbocycles. The van der Waals surface area contributed by atoms with Crippen LogP contribution in [0.2, 0.25) is 0 Å². The zero-order valence-corrected chi connectivity index (χ0v) is 13.4. The van der Waals surface area contributed by atoms with Crippen molar-refractivity contribution < 1.29 is 14.7 Å². The van der Waals surface area contributed by atoms with E-state index in [-0.39, 0.29) is 12.5 Å². The number of aliphatic carboxylic acids is 1. The van der Waals surface area contributed by atoms with Gasteiger partial charge >= 0.3 is 12.0 Å². The number of nitrogens with zero attached hydrogens (tertiary/aromatic N) is 1. The normalized spacial score (nSPS) is 16.8. The Morgan fingerprint density at radius 2 is 2.05 bits per heavy atom. The molecule has 0 spiro atoms. The molecule has 118 valence electrons. The fourth-order valence-corrected chi connectivity index (χ4v) is 3.33. The number of carboxylic acid groups (broad SMARTS) is 1. The van der Waals surface area contributed by atoms with Gasteiger partial charge in [0.2, 0.25) is 0 Å². The van der Waals surface area contributed by atoms with E-state index in [1.54, 1.807) is 23.7 Å². The summed E-state index contributed by atoms with van der Waals surface area (Å²) in [5.41, 5.74) is -0.542. The first-order valence-electron chi connectivity index (χ1n) is 7.26. The number of thioether (sulfide) groups is 1. The van der Waals surface area contributed by atoms with Crippen LogP contribution in [0.1, 0.15) is 38.5 Å². The Hall–Kier alpha value is -1.35. The van der Waals surface area contributed by atoms with Gasteiger partial charge in [-0.15, -0.1) is 18.2 Å². The summed E-state index contributed by atoms with van der Waals surface area (Å²) in [6, 6.07) is -0.195. The zero-order valence-electron chi connectivity index (χ0n) is 12.6. The fraction of sp³-hybridized carbons (Fsp3) is 0.733. The van der Waals surface area contributed by atoms with E-state index < -0.39 is 11.5 Å². The number of carboxylic acids is 1. The lowest BCUT2D eigenvalue weighted by Gasteiger charge is -2.43. The molecule has 2 amide bonds. The molecule has 0 radical (unpaired) electrons. The van der Waals surface area contributed by atoms with E-state index in [0.717, 1.165) is 37.9 Å². The van der Waals surface area contributed by atoms with Gasteiger partial charge in [0.15, 0.2) is 0 Å². The minimum atomic E-state index is -0.846. The lowest BCUT2D eigenvalue weighted by Crippen LogP contribution is -2.55. The van der Waals surface area contributed by atoms with Crippen molar-refractivity contribution in [2.24, 2.45) is 0 Å². The number of amides is 2. The van der Waals surface area contributed by atoms with Crippen LogP contribution in [0.3, 0.4) is 0 Å². The van der Waals surface area contributed by atoms with E-state index in [9.17, 15) is 9.59 Å². The van der Waals surface area contributed by atoms with Crippen molar-refractivity contribution in [3.63, 3.8) is 0 Å². The minimum absolute atomic E-state index is 0.0166. The standard InChI is InChI=1S/C15H24N2O3S/c1-3-10-21-11-9-16-14(20)17(2)15(12-13(18)19)7-5-4-6-8-15/h1H,4-12H2,2H3,(H,16,20)(H,18,19). The van der Waals surface area contributed by atoms with Crippen molar-refractivity contribution in [2.75, 3.05) is 25.1 Å². The van der Waals surface area contributed by atoms with Crippen molar-refractivity contribution in [3.05, 3.63) is 0 Å². The molecule has 0 aliphatic heterocycles. The van der Waals surface area contributed by atoms with Gasteiger partial charge in [-0.1, -0.05) is 25.2 Å². The van der Waals surface area contributed by atoms with Crippen molar-refractivity contribution in [1.29, 1.82) is 0 Å². The van der Waals surface area contributed by atoms with E-state index in [0.29, 0.717) is 12.3 Å². The van der Waals surface area contributed by atoms with Crippen LogP contribution in [-0.2, 0) is 4.79 Å². The Morgan fingerprint density at radius 3 is 2.62 bits per heavy atom. The molecule has 0 unspecified atom stereocenters. The highest BCUT2D eigenvalue weighted by molar-refractivity contribution is 7.99. The van der Waals surface area contributed by atoms with Gasteiger partial charge in [-0.25, -0.2) is 4.79 Å². The van der Waals surface area contributed by atoms with Crippen LogP contribution in [-0.4, -0.2) is 52.6 Å². The van der Waals surface area contributed by atoms with Crippen LogP contribution in [0.15, 0.2) is 0 Å². The zero-order chi connectivity index (χ0) is 15.7. The molecular weight excluding hydrogens is 288 g/mol. The summed E-state index contributed by atoms with van der Waals surface area (Å²) in [5.74, 6) is 3.08. The second-order valence-electron chi connectivity index (χ2n) is 5.40. The van der Waals surface area contributed by atoms with Gasteiger partial charge in [-0.2, -0.15) is 0 Å². The van der Waals surface area contributed by atoms with Crippen molar-refractivity contribution in [1.82, 2.24) is 10.2 Å². The molecule has 0 aromatic heterocycles. The minimum Gasteiger partial charge on any atom is -0.481 e. The fourth-order valence-electron chi connectivity index (χ4n) is 2.82. The summed E-state index contributed by atoms with van der Waals surface area (Å²) >= 11 is 1.59. The lowest BCUT2D eigenvalue weighted by molar-refractivity contribution is -0.140. The largest absolute Gasteiger partial charge is 0.481 e. The van der Waals surface area contributed by atoms with Crippen molar-refractivity contribution in [2.45, 2.75) is 44.1 Å². The van der Waals surface area contributed by atoms with Crippen LogP contribution in [0.5, 0.6) is 0 Å². The summed E-state index contributed by atoms with van der Waals surface area (Å²) in [5, 5.41) is 12.0. The van der Waals surface area contributed by atoms with Gasteiger partial charge in [-0.3, -0.25) is 4.79 Å². The first-order valence-corrected chi connectivity index (χ1v) is 8.42. The van der Waals surface area contributed by atoms with E-state index in [1.165, 1.54) is 0 Å². The Kier molecular flexibility index (Phi) is 7.44. The van der Waals surface area contributed by atoms with Gasteiger partial charge in [0, 0.05) is 19.3 Å². The third-order valence-electron chi connectivity index (χ3n) is 3.99. The number of terminal acetylenes is 1. The Labute approximate surface area is 130 Å². The molecule has 0 aromatic rings. The molecule has 6 heteroatoms. The van der Waals surface area contributed by atoms with Gasteiger partial charge in [0.1, 0.15) is 0 Å². The number of rotatable bonds is 7. The van der Waals surface area contributed by atoms with E-state index in [4.69, 9.17) is 11.5 Å². The van der Waals surface area contributed by atoms with Gasteiger partial charge in [-0.05, 0) is 12.8 Å². The maximum atomic E-state index is 12.2. The van der Waals surface area contributed by atoms with E-state index in [2.05, 4.69) is 11.2 Å². The molecule has 1 rings (SSSR count). The molecule has 0 saturated heterocycles. The maximum Gasteiger partial charge on any atom is 0.317 e. The van der Waals surface area contributed by atoms with E-state index >= 15 is 0 Å². The number of carbonyl (C=O) groups is 2. The topological polar surface area (TPSA) is 69.6 Å². The second-order valence-corrected chi connectivity index (χ2v) is 6.51. The SMILES string of the molecule is C#CCSCCNC(=O)N(C)C1(CC(=O)O)CCCCC1. The van der Waals surface area contributed by atoms with Crippen molar-refractivity contribution >= 4 is 23.8 Å². The van der Waals surface area contributed by atoms with Gasteiger partial charge < -0.3 is 15.3 Å². The highest BCUT2D eigenvalue weighted by Crippen LogP contribution is 2.35. The average Bonchev–Trinajstić information content (AvgIpc) is 2.46. The number of hydrogen-bond donors (Lipinski definition) is 2. The number of nitrogens with one attached hydrogen (secondary N) is 1. The summed E-state index contributed by atoms with van der Waals surface area (Å²) in [6.45, 7) is 0.540. The van der Waals surface area contributed by atoms with Gasteiger partial charge in [0.25, 0.3) is 0 Å². The Balaban J connectivity index is 2.54. The molecule has 2 N–H and O–H groups in total. The smallest absolute Gasteiger partial charge is 0.317 e. The highest BCUT2D eigenvalue weighted by Gasteiger charge is 2.40. The predicted octanol–water partition coefficient (Wildman–Crippen LogP) is 2.17. The molecular formula is C15H24N2O3S. The maximum absolute atomic E-state index is 12.2. The average molecular weight is 312 g/mol. The van der Waals surface area contributed by atoms with E-state index in [1.807, 2.05) is 0 Å². The Bertz CT molecular complexity index is 400. The summed E-state index contributed by atoms with van der Waals surface area (Å²) in [6.07, 6.45) is 9.75. The van der Waals surface area contributed by atoms with Crippen LogP contribution in [0.25, 0.3) is 0 Å². The van der Waals surface area contributed by atoms with Crippen LogP contribution in [0, 0.1) is 12.3 Å². The summed E-state index contributed by atoms with van der Waals surface area (Å²) < 4.78 is 0. The third-order valence-corrected chi connectivity index (χ3v) is 4.85. The first kappa shape index (κ1) is 17.7. The summed E-state index contributed by atoms with van der Waals surface area (Å²) in [7, 11) is 1.71. The number of urea groups is 1. The summed E-state index contributed by atoms with van der Waals surface area (Å²) in [4.78, 5) is 25.0. The molecule has 5 nitrogen and oxygen atoms in total. The number of hydrogen-bond acceptors (Lipinski definition) is 3. The second kappa shape index (κ2) is 8.83. The molecule has 0 aromatic carbocycles. The molecule has 0 bridgehead atoms. The molecule has 0 heterocycles.